The molecule has 0 fully saturated rings. The second kappa shape index (κ2) is 10.9. The van der Waals surface area contributed by atoms with Gasteiger partial charge in [-0.05, 0) is 65.9 Å². The number of aryl methyl sites for hydroxylation is 1. The van der Waals surface area contributed by atoms with E-state index in [1.54, 1.807) is 11.3 Å². The van der Waals surface area contributed by atoms with Gasteiger partial charge >= 0.3 is 5.97 Å². The number of hydrogen-bond acceptors (Lipinski definition) is 2. The van der Waals surface area contributed by atoms with Crippen LogP contribution in [0, 0.1) is 6.92 Å². The van der Waals surface area contributed by atoms with Crippen molar-refractivity contribution < 1.29 is 26.9 Å². The molecule has 1 heterocycles. The number of hydrogen-bond donors (Lipinski definition) is 1. The molecule has 1 N–H and O–H groups in total. The minimum atomic E-state index is -2.05. The van der Waals surface area contributed by atoms with E-state index < -0.39 is 13.2 Å². The Morgan fingerprint density at radius 3 is 2.00 bits per heavy atom. The largest absolute Gasteiger partial charge is 1.00 e. The molecule has 0 aliphatic rings. The molecule has 5 aromatic rings. The van der Waals surface area contributed by atoms with Gasteiger partial charge in [0.1, 0.15) is 23.2 Å². The summed E-state index contributed by atoms with van der Waals surface area (Å²) >= 11 is 1.59. The molecule has 35 heavy (non-hydrogen) atoms. The Morgan fingerprint density at radius 1 is 0.800 bits per heavy atom. The van der Waals surface area contributed by atoms with Gasteiger partial charge in [-0.3, -0.25) is 4.79 Å². The van der Waals surface area contributed by atoms with Gasteiger partial charge in [-0.15, -0.1) is 11.3 Å². The molecule has 0 atom stereocenters. The number of rotatable bonds is 7. The van der Waals surface area contributed by atoms with Gasteiger partial charge in [-0.25, -0.2) is 0 Å². The van der Waals surface area contributed by atoms with Gasteiger partial charge in [0, 0.05) is 9.58 Å². The van der Waals surface area contributed by atoms with Crippen LogP contribution in [0.25, 0.3) is 10.1 Å². The Morgan fingerprint density at radius 2 is 1.40 bits per heavy atom. The zero-order valence-electron chi connectivity index (χ0n) is 19.4. The highest BCUT2D eigenvalue weighted by Crippen LogP contribution is 2.59. The lowest BCUT2D eigenvalue weighted by Crippen LogP contribution is -3.00. The minimum absolute atomic E-state index is 0. The van der Waals surface area contributed by atoms with E-state index in [1.165, 1.54) is 32.4 Å². The predicted molar refractivity (Wildman–Crippen MR) is 147 cm³/mol. The molecule has 0 spiro atoms. The highest BCUT2D eigenvalue weighted by molar-refractivity contribution is 7.95. The fraction of sp³-hybridized carbons (Fsp3) is 0.100. The first kappa shape index (κ1) is 25.3. The number of carboxylic acid groups (broad SMARTS) is 1. The maximum absolute atomic E-state index is 11.4. The summed E-state index contributed by atoms with van der Waals surface area (Å²) in [6, 6.07) is 39.1. The van der Waals surface area contributed by atoms with Crippen LogP contribution in [-0.2, 0) is 17.4 Å². The van der Waals surface area contributed by atoms with Crippen LogP contribution in [-0.4, -0.2) is 11.1 Å². The van der Waals surface area contributed by atoms with Crippen molar-refractivity contribution in [3.63, 3.8) is 0 Å². The summed E-state index contributed by atoms with van der Waals surface area (Å²) in [7, 11) is -2.05. The summed E-state index contributed by atoms with van der Waals surface area (Å²) in [6.07, 6.45) is 0.945. The van der Waals surface area contributed by atoms with Gasteiger partial charge in [0.05, 0.1) is 12.6 Å². The molecule has 5 heteroatoms. The van der Waals surface area contributed by atoms with Crippen molar-refractivity contribution >= 4 is 50.6 Å². The van der Waals surface area contributed by atoms with Crippen molar-refractivity contribution in [1.29, 1.82) is 0 Å². The second-order valence-corrected chi connectivity index (χ2v) is 13.2. The fourth-order valence-electron chi connectivity index (χ4n) is 4.86. The van der Waals surface area contributed by atoms with Gasteiger partial charge < -0.3 is 22.1 Å². The van der Waals surface area contributed by atoms with Gasteiger partial charge in [-0.1, -0.05) is 66.7 Å². The second-order valence-electron chi connectivity index (χ2n) is 8.54. The molecule has 0 radical (unpaired) electrons. The smallest absolute Gasteiger partial charge is 0.308 e. The van der Waals surface area contributed by atoms with Gasteiger partial charge in [-0.2, -0.15) is 0 Å². The molecule has 0 aliphatic carbocycles. The number of carbonyl (C=O) groups is 1. The van der Waals surface area contributed by atoms with Crippen molar-refractivity contribution in [3.8, 4) is 0 Å². The highest BCUT2D eigenvalue weighted by atomic mass is 79.9. The van der Waals surface area contributed by atoms with Crippen LogP contribution >= 0.6 is 18.6 Å². The Kier molecular flexibility index (Phi) is 7.86. The fourth-order valence-corrected chi connectivity index (χ4v) is 10.5. The average Bonchev–Trinajstić information content (AvgIpc) is 3.27. The third-order valence-electron chi connectivity index (χ3n) is 6.36. The Balaban J connectivity index is 0.00000289. The summed E-state index contributed by atoms with van der Waals surface area (Å²) in [5.74, 6) is -0.788. The quantitative estimate of drug-likeness (QED) is 0.310. The number of thiophene rings is 1. The zero-order chi connectivity index (χ0) is 23.5. The molecule has 176 valence electrons. The Labute approximate surface area is 221 Å². The first-order valence-electron chi connectivity index (χ1n) is 11.4. The summed E-state index contributed by atoms with van der Waals surface area (Å²) in [5, 5.41) is 14.6. The van der Waals surface area contributed by atoms with E-state index in [-0.39, 0.29) is 23.4 Å². The van der Waals surface area contributed by atoms with Crippen molar-refractivity contribution in [3.05, 3.63) is 125 Å². The molecule has 0 saturated heterocycles. The van der Waals surface area contributed by atoms with E-state index in [0.29, 0.717) is 0 Å². The van der Waals surface area contributed by atoms with Gasteiger partial charge in [0.15, 0.2) is 0 Å². The topological polar surface area (TPSA) is 37.3 Å². The van der Waals surface area contributed by atoms with Crippen LogP contribution in [0.15, 0.2) is 109 Å². The number of benzene rings is 4. The van der Waals surface area contributed by atoms with E-state index in [2.05, 4.69) is 116 Å². The van der Waals surface area contributed by atoms with Crippen LogP contribution in [0.5, 0.6) is 0 Å². The molecular formula is C30H26BrO2PS. The Bertz CT molecular complexity index is 1410. The number of aliphatic carboxylic acids is 1. The van der Waals surface area contributed by atoms with Crippen LogP contribution in [0.4, 0.5) is 0 Å². The van der Waals surface area contributed by atoms with E-state index in [4.69, 9.17) is 0 Å². The summed E-state index contributed by atoms with van der Waals surface area (Å²) in [4.78, 5) is 12.3. The van der Waals surface area contributed by atoms with Crippen LogP contribution in [0.3, 0.4) is 0 Å². The molecule has 0 amide bonds. The number of fused-ring (bicyclic) bond motifs is 1. The standard InChI is InChI=1S/C30H25O2PS.BrH/c1-22-11-8-9-17-28(22)33(24-13-4-2-5-14-24,25-15-6-3-7-16-25)21-23-12-10-18-29-27(23)19-26(34-29)20-30(31)32;/h2-19H,20-21H2,1H3;1H. The summed E-state index contributed by atoms with van der Waals surface area (Å²) in [6.45, 7) is 2.21. The average molecular weight is 561 g/mol. The molecule has 4 aromatic carbocycles. The molecule has 0 bridgehead atoms. The minimum Gasteiger partial charge on any atom is -1.00 e. The van der Waals surface area contributed by atoms with E-state index in [1.807, 2.05) is 0 Å². The monoisotopic (exact) mass is 560 g/mol. The normalized spacial score (nSPS) is 11.2. The van der Waals surface area contributed by atoms with E-state index in [0.717, 1.165) is 15.7 Å². The third-order valence-corrected chi connectivity index (χ3v) is 12.0. The third kappa shape index (κ3) is 4.97. The van der Waals surface area contributed by atoms with Crippen LogP contribution in [0.2, 0.25) is 0 Å². The lowest BCUT2D eigenvalue weighted by atomic mass is 10.1. The lowest BCUT2D eigenvalue weighted by molar-refractivity contribution is -0.136. The molecule has 0 unspecified atom stereocenters. The SMILES string of the molecule is Cc1ccccc1[P+](Cc1cccc2sc(CC(=O)O)cc12)(c1ccccc1)c1ccccc1.[Br-]. The summed E-state index contributed by atoms with van der Waals surface area (Å²) < 4.78 is 1.15. The first-order chi connectivity index (χ1) is 16.6. The molecule has 1 aromatic heterocycles. The predicted octanol–water partition coefficient (Wildman–Crippen LogP) is 3.33. The first-order valence-corrected chi connectivity index (χ1v) is 14.1. The van der Waals surface area contributed by atoms with Crippen molar-refractivity contribution in [2.75, 3.05) is 0 Å². The maximum atomic E-state index is 11.4. The lowest BCUT2D eigenvalue weighted by Gasteiger charge is -2.29. The van der Waals surface area contributed by atoms with Gasteiger partial charge in [0.2, 0.25) is 0 Å². The molecule has 5 rings (SSSR count). The highest BCUT2D eigenvalue weighted by Gasteiger charge is 2.46. The molecule has 0 saturated carbocycles. The molecule has 2 nitrogen and oxygen atoms in total. The zero-order valence-corrected chi connectivity index (χ0v) is 22.7. The van der Waals surface area contributed by atoms with Crippen molar-refractivity contribution in [2.24, 2.45) is 0 Å². The number of carboxylic acids is 1. The van der Waals surface area contributed by atoms with Crippen molar-refractivity contribution in [2.45, 2.75) is 19.5 Å². The number of halogens is 1. The van der Waals surface area contributed by atoms with E-state index >= 15 is 0 Å². The maximum Gasteiger partial charge on any atom is 0.308 e. The Hall–Kier alpha value is -2.78. The molecule has 0 aliphatic heterocycles. The molecular weight excluding hydrogens is 535 g/mol. The van der Waals surface area contributed by atoms with Crippen LogP contribution < -0.4 is 32.9 Å². The van der Waals surface area contributed by atoms with Crippen molar-refractivity contribution in [1.82, 2.24) is 0 Å². The van der Waals surface area contributed by atoms with Gasteiger partial charge in [0.25, 0.3) is 0 Å². The van der Waals surface area contributed by atoms with E-state index in [9.17, 15) is 9.90 Å². The van der Waals surface area contributed by atoms with Crippen LogP contribution in [0.1, 0.15) is 16.0 Å². The summed E-state index contributed by atoms with van der Waals surface area (Å²) in [5.41, 5.74) is 2.57.